The van der Waals surface area contributed by atoms with E-state index in [0.29, 0.717) is 16.8 Å². The standard InChI is InChI=1S/C16H18BrFN2O4/c1-9-13(15(21)24-3)14(11-5-4-10(17)8-12(11)18)19-16(22)20(9)6-7-23-2/h4-5,8,14H,6-7H2,1-3H3,(H,19,22)/t14-/m1/s1. The number of allylic oxidation sites excluding steroid dienone is 1. The van der Waals surface area contributed by atoms with Gasteiger partial charge in [-0.25, -0.2) is 14.0 Å². The lowest BCUT2D eigenvalue weighted by molar-refractivity contribution is -0.136. The average molecular weight is 401 g/mol. The summed E-state index contributed by atoms with van der Waals surface area (Å²) in [6.45, 7) is 2.20. The number of halogens is 2. The highest BCUT2D eigenvalue weighted by atomic mass is 79.9. The molecule has 0 radical (unpaired) electrons. The monoisotopic (exact) mass is 400 g/mol. The van der Waals surface area contributed by atoms with Crippen molar-refractivity contribution in [1.29, 1.82) is 0 Å². The summed E-state index contributed by atoms with van der Waals surface area (Å²) in [5.41, 5.74) is 0.794. The third-order valence-electron chi connectivity index (χ3n) is 3.79. The van der Waals surface area contributed by atoms with Gasteiger partial charge in [-0.2, -0.15) is 0 Å². The minimum Gasteiger partial charge on any atom is -0.466 e. The first kappa shape index (κ1) is 18.4. The van der Waals surface area contributed by atoms with Crippen LogP contribution in [0.3, 0.4) is 0 Å². The number of rotatable bonds is 5. The lowest BCUT2D eigenvalue weighted by Gasteiger charge is -2.35. The molecule has 0 saturated heterocycles. The van der Waals surface area contributed by atoms with Gasteiger partial charge in [0.25, 0.3) is 0 Å². The number of ether oxygens (including phenoxy) is 2. The SMILES string of the molecule is COCCN1C(=O)N[C@H](c2ccc(Br)cc2F)C(C(=O)OC)=C1C. The summed E-state index contributed by atoms with van der Waals surface area (Å²) < 4.78 is 24.7. The Balaban J connectivity index is 2.52. The summed E-state index contributed by atoms with van der Waals surface area (Å²) in [4.78, 5) is 26.0. The van der Waals surface area contributed by atoms with E-state index < -0.39 is 23.9 Å². The van der Waals surface area contributed by atoms with Crippen molar-refractivity contribution in [1.82, 2.24) is 10.2 Å². The van der Waals surface area contributed by atoms with E-state index in [9.17, 15) is 14.0 Å². The zero-order valence-corrected chi connectivity index (χ0v) is 15.1. The van der Waals surface area contributed by atoms with Crippen molar-refractivity contribution in [3.63, 3.8) is 0 Å². The van der Waals surface area contributed by atoms with E-state index in [4.69, 9.17) is 9.47 Å². The average Bonchev–Trinajstić information content (AvgIpc) is 2.53. The molecule has 8 heteroatoms. The zero-order valence-electron chi connectivity index (χ0n) is 13.6. The van der Waals surface area contributed by atoms with Crippen molar-refractivity contribution in [2.45, 2.75) is 13.0 Å². The number of esters is 1. The van der Waals surface area contributed by atoms with Gasteiger partial charge in [0, 0.05) is 22.8 Å². The molecule has 0 saturated carbocycles. The number of hydrogen-bond donors (Lipinski definition) is 1. The molecule has 6 nitrogen and oxygen atoms in total. The molecule has 0 spiro atoms. The molecular formula is C16H18BrFN2O4. The maximum atomic E-state index is 14.3. The molecule has 0 fully saturated rings. The summed E-state index contributed by atoms with van der Waals surface area (Å²) in [6.07, 6.45) is 0. The molecule has 2 rings (SSSR count). The number of amides is 2. The number of benzene rings is 1. The molecule has 1 aliphatic heterocycles. The van der Waals surface area contributed by atoms with Crippen LogP contribution in [0, 0.1) is 5.82 Å². The topological polar surface area (TPSA) is 67.9 Å². The minimum absolute atomic E-state index is 0.189. The van der Waals surface area contributed by atoms with Gasteiger partial charge in [0.1, 0.15) is 5.82 Å². The molecule has 1 aromatic carbocycles. The van der Waals surface area contributed by atoms with Crippen LogP contribution in [0.5, 0.6) is 0 Å². The lowest BCUT2D eigenvalue weighted by Crippen LogP contribution is -2.49. The predicted octanol–water partition coefficient (Wildman–Crippen LogP) is 2.75. The summed E-state index contributed by atoms with van der Waals surface area (Å²) >= 11 is 3.19. The number of methoxy groups -OCH3 is 2. The van der Waals surface area contributed by atoms with Crippen LogP contribution < -0.4 is 5.32 Å². The Labute approximate surface area is 147 Å². The second-order valence-corrected chi connectivity index (χ2v) is 6.10. The number of carbonyl (C=O) groups is 2. The summed E-state index contributed by atoms with van der Waals surface area (Å²) in [7, 11) is 2.76. The maximum Gasteiger partial charge on any atom is 0.337 e. The molecule has 130 valence electrons. The molecule has 1 aliphatic rings. The fourth-order valence-electron chi connectivity index (χ4n) is 2.58. The van der Waals surface area contributed by atoms with E-state index in [1.807, 2.05) is 0 Å². The highest BCUT2D eigenvalue weighted by Gasteiger charge is 2.37. The van der Waals surface area contributed by atoms with Crippen LogP contribution in [-0.2, 0) is 14.3 Å². The predicted molar refractivity (Wildman–Crippen MR) is 88.7 cm³/mol. The van der Waals surface area contributed by atoms with Gasteiger partial charge in [-0.15, -0.1) is 0 Å². The van der Waals surface area contributed by atoms with Crippen molar-refractivity contribution in [2.24, 2.45) is 0 Å². The van der Waals surface area contributed by atoms with Gasteiger partial charge in [-0.05, 0) is 19.1 Å². The van der Waals surface area contributed by atoms with E-state index in [1.54, 1.807) is 13.0 Å². The molecule has 1 heterocycles. The minimum atomic E-state index is -0.920. The second-order valence-electron chi connectivity index (χ2n) is 5.18. The molecular weight excluding hydrogens is 383 g/mol. The number of nitrogens with one attached hydrogen (secondary N) is 1. The Kier molecular flexibility index (Phi) is 5.95. The van der Waals surface area contributed by atoms with Crippen LogP contribution >= 0.6 is 15.9 Å². The van der Waals surface area contributed by atoms with E-state index in [1.165, 1.54) is 31.3 Å². The fraction of sp³-hybridized carbons (Fsp3) is 0.375. The molecule has 1 atom stereocenters. The van der Waals surface area contributed by atoms with Gasteiger partial charge in [0.05, 0.1) is 31.9 Å². The van der Waals surface area contributed by atoms with E-state index in [-0.39, 0.29) is 17.7 Å². The van der Waals surface area contributed by atoms with Crippen LogP contribution in [0.15, 0.2) is 33.9 Å². The van der Waals surface area contributed by atoms with Crippen LogP contribution in [0.1, 0.15) is 18.5 Å². The van der Waals surface area contributed by atoms with Gasteiger partial charge >= 0.3 is 12.0 Å². The first-order valence-corrected chi connectivity index (χ1v) is 8.01. The quantitative estimate of drug-likeness (QED) is 0.771. The number of nitrogens with zero attached hydrogens (tertiary/aromatic N) is 1. The van der Waals surface area contributed by atoms with Crippen LogP contribution in [-0.4, -0.2) is 44.3 Å². The summed E-state index contributed by atoms with van der Waals surface area (Å²) in [5, 5.41) is 2.67. The lowest BCUT2D eigenvalue weighted by atomic mass is 9.94. The van der Waals surface area contributed by atoms with Crippen molar-refractivity contribution in [3.8, 4) is 0 Å². The van der Waals surface area contributed by atoms with Crippen molar-refractivity contribution >= 4 is 27.9 Å². The van der Waals surface area contributed by atoms with Gasteiger partial charge < -0.3 is 14.8 Å². The van der Waals surface area contributed by atoms with Gasteiger partial charge in [0.2, 0.25) is 0 Å². The van der Waals surface area contributed by atoms with Crippen LogP contribution in [0.2, 0.25) is 0 Å². The van der Waals surface area contributed by atoms with Gasteiger partial charge in [-0.1, -0.05) is 22.0 Å². The molecule has 0 bridgehead atoms. The van der Waals surface area contributed by atoms with Crippen LogP contribution in [0.25, 0.3) is 0 Å². The van der Waals surface area contributed by atoms with Gasteiger partial charge in [0.15, 0.2) is 0 Å². The molecule has 1 N–H and O–H groups in total. The highest BCUT2D eigenvalue weighted by molar-refractivity contribution is 9.10. The van der Waals surface area contributed by atoms with E-state index in [0.717, 1.165) is 0 Å². The van der Waals surface area contributed by atoms with E-state index >= 15 is 0 Å². The molecule has 0 unspecified atom stereocenters. The number of urea groups is 1. The Morgan fingerprint density at radius 1 is 1.42 bits per heavy atom. The molecule has 0 aromatic heterocycles. The Morgan fingerprint density at radius 3 is 2.71 bits per heavy atom. The molecule has 24 heavy (non-hydrogen) atoms. The van der Waals surface area contributed by atoms with Crippen LogP contribution in [0.4, 0.5) is 9.18 Å². The summed E-state index contributed by atoms with van der Waals surface area (Å²) in [5.74, 6) is -1.16. The molecule has 1 aromatic rings. The Hall–Kier alpha value is -1.93. The zero-order chi connectivity index (χ0) is 17.9. The molecule has 0 aliphatic carbocycles. The van der Waals surface area contributed by atoms with Crippen molar-refractivity contribution in [3.05, 3.63) is 45.3 Å². The number of carbonyl (C=O) groups excluding carboxylic acids is 2. The van der Waals surface area contributed by atoms with Crippen molar-refractivity contribution in [2.75, 3.05) is 27.4 Å². The largest absolute Gasteiger partial charge is 0.466 e. The van der Waals surface area contributed by atoms with Crippen molar-refractivity contribution < 1.29 is 23.5 Å². The van der Waals surface area contributed by atoms with E-state index in [2.05, 4.69) is 21.2 Å². The normalized spacial score (nSPS) is 17.8. The Morgan fingerprint density at radius 2 is 2.12 bits per heavy atom. The highest BCUT2D eigenvalue weighted by Crippen LogP contribution is 2.33. The second kappa shape index (κ2) is 7.76. The molecule has 2 amide bonds. The summed E-state index contributed by atoms with van der Waals surface area (Å²) in [6, 6.07) is 3.10. The smallest absolute Gasteiger partial charge is 0.337 e. The number of hydrogen-bond acceptors (Lipinski definition) is 4. The Bertz CT molecular complexity index is 693. The third kappa shape index (κ3) is 3.59. The van der Waals surface area contributed by atoms with Gasteiger partial charge in [-0.3, -0.25) is 4.90 Å². The maximum absolute atomic E-state index is 14.3. The first-order chi connectivity index (χ1) is 11.4. The third-order valence-corrected chi connectivity index (χ3v) is 4.29. The first-order valence-electron chi connectivity index (χ1n) is 7.21. The fourth-order valence-corrected chi connectivity index (χ4v) is 2.91.